The molecule has 1 aliphatic heterocycles. The first-order valence-corrected chi connectivity index (χ1v) is 11.0. The Kier molecular flexibility index (Phi) is 6.25. The zero-order chi connectivity index (χ0) is 21.2. The maximum Gasteiger partial charge on any atom is 0.330 e. The average molecular weight is 423 g/mol. The van der Waals surface area contributed by atoms with Crippen LogP contribution in [0.15, 0.2) is 44.9 Å². The number of hydrogen-bond donors (Lipinski definition) is 2. The van der Waals surface area contributed by atoms with E-state index in [-0.39, 0.29) is 5.69 Å². The minimum atomic E-state index is -4.18. The summed E-state index contributed by atoms with van der Waals surface area (Å²) in [5.74, 6) is 0. The molecule has 29 heavy (non-hydrogen) atoms. The van der Waals surface area contributed by atoms with E-state index in [0.717, 1.165) is 41.3 Å². The zero-order valence-electron chi connectivity index (χ0n) is 16.5. The summed E-state index contributed by atoms with van der Waals surface area (Å²) in [5, 5.41) is 10.4. The Morgan fingerprint density at radius 3 is 2.31 bits per heavy atom. The second-order valence-corrected chi connectivity index (χ2v) is 9.01. The van der Waals surface area contributed by atoms with Crippen molar-refractivity contribution < 1.29 is 13.5 Å². The monoisotopic (exact) mass is 422 g/mol. The van der Waals surface area contributed by atoms with Gasteiger partial charge in [0.25, 0.3) is 15.6 Å². The fraction of sp³-hybridized carbons (Fsp3) is 0.474. The Morgan fingerprint density at radius 1 is 1.07 bits per heavy atom. The van der Waals surface area contributed by atoms with E-state index in [2.05, 4.69) is 9.62 Å². The SMILES string of the molecule is Cn1cc(S(=O)(=O)Nc2ccc([C@@H](O)CN3CCCCC3)cc2)c(=O)n(C)c1=O. The molecule has 2 heterocycles. The molecule has 1 atom stereocenters. The van der Waals surface area contributed by atoms with Crippen molar-refractivity contribution in [2.45, 2.75) is 30.3 Å². The molecule has 0 bridgehead atoms. The molecule has 3 rings (SSSR count). The van der Waals surface area contributed by atoms with Gasteiger partial charge in [-0.3, -0.25) is 14.1 Å². The number of aliphatic hydroxyl groups is 1. The summed E-state index contributed by atoms with van der Waals surface area (Å²) in [4.78, 5) is 25.7. The summed E-state index contributed by atoms with van der Waals surface area (Å²) in [6.07, 6.45) is 3.84. The van der Waals surface area contributed by atoms with Crippen LogP contribution >= 0.6 is 0 Å². The van der Waals surface area contributed by atoms with E-state index >= 15 is 0 Å². The molecule has 10 heteroatoms. The number of hydrogen-bond acceptors (Lipinski definition) is 6. The van der Waals surface area contributed by atoms with E-state index < -0.39 is 32.3 Å². The lowest BCUT2D eigenvalue weighted by Crippen LogP contribution is -2.40. The molecule has 1 aromatic carbocycles. The van der Waals surface area contributed by atoms with Crippen LogP contribution in [0.4, 0.5) is 5.69 Å². The Bertz CT molecular complexity index is 1080. The third-order valence-electron chi connectivity index (χ3n) is 5.13. The number of β-amino-alcohol motifs (C(OH)–C–C–N with tert-alkyl or cyclic N) is 1. The van der Waals surface area contributed by atoms with Gasteiger partial charge in [0.1, 0.15) is 0 Å². The quantitative estimate of drug-likeness (QED) is 0.697. The standard InChI is InChI=1S/C19H26N4O5S/c1-21-13-17(18(25)22(2)19(21)26)29(27,28)20-15-8-6-14(7-9-15)16(24)12-23-10-4-3-5-11-23/h6-9,13,16,20,24H,3-5,10-12H2,1-2H3/t16-/m0/s1. The van der Waals surface area contributed by atoms with E-state index in [4.69, 9.17) is 0 Å². The third-order valence-corrected chi connectivity index (χ3v) is 6.50. The number of likely N-dealkylation sites (tertiary alicyclic amines) is 1. The van der Waals surface area contributed by atoms with Crippen molar-refractivity contribution in [3.63, 3.8) is 0 Å². The number of sulfonamides is 1. The van der Waals surface area contributed by atoms with Crippen molar-refractivity contribution in [3.05, 3.63) is 56.9 Å². The molecule has 0 aliphatic carbocycles. The molecule has 1 saturated heterocycles. The van der Waals surface area contributed by atoms with Crippen LogP contribution < -0.4 is 16.0 Å². The molecule has 1 fully saturated rings. The van der Waals surface area contributed by atoms with Crippen molar-refractivity contribution in [1.29, 1.82) is 0 Å². The van der Waals surface area contributed by atoms with Crippen LogP contribution in [0, 0.1) is 0 Å². The van der Waals surface area contributed by atoms with E-state index in [1.54, 1.807) is 24.3 Å². The van der Waals surface area contributed by atoms with Crippen molar-refractivity contribution in [1.82, 2.24) is 14.0 Å². The highest BCUT2D eigenvalue weighted by atomic mass is 32.2. The first-order valence-electron chi connectivity index (χ1n) is 9.49. The van der Waals surface area contributed by atoms with Gasteiger partial charge in [-0.1, -0.05) is 18.6 Å². The van der Waals surface area contributed by atoms with E-state index in [1.807, 2.05) is 0 Å². The third kappa shape index (κ3) is 4.77. The summed E-state index contributed by atoms with van der Waals surface area (Å²) in [7, 11) is -1.58. The van der Waals surface area contributed by atoms with Gasteiger partial charge in [-0.25, -0.2) is 13.2 Å². The summed E-state index contributed by atoms with van der Waals surface area (Å²) in [5.41, 5.74) is -0.554. The second kappa shape index (κ2) is 8.52. The maximum atomic E-state index is 12.6. The number of aryl methyl sites for hydroxylation is 1. The number of anilines is 1. The topological polar surface area (TPSA) is 114 Å². The van der Waals surface area contributed by atoms with Gasteiger partial charge in [0.15, 0.2) is 4.90 Å². The molecule has 0 saturated carbocycles. The molecular formula is C19H26N4O5S. The van der Waals surface area contributed by atoms with Crippen LogP contribution in [0.5, 0.6) is 0 Å². The van der Waals surface area contributed by atoms with Gasteiger partial charge in [0.05, 0.1) is 6.10 Å². The lowest BCUT2D eigenvalue weighted by molar-refractivity contribution is 0.101. The van der Waals surface area contributed by atoms with Crippen LogP contribution in [0.3, 0.4) is 0 Å². The lowest BCUT2D eigenvalue weighted by Gasteiger charge is -2.28. The Hall–Kier alpha value is -2.43. The Morgan fingerprint density at radius 2 is 1.69 bits per heavy atom. The van der Waals surface area contributed by atoms with Gasteiger partial charge in [-0.15, -0.1) is 0 Å². The first-order chi connectivity index (χ1) is 13.7. The molecule has 1 aromatic heterocycles. The number of aliphatic hydroxyl groups excluding tert-OH is 1. The van der Waals surface area contributed by atoms with Gasteiger partial charge in [0, 0.05) is 32.5 Å². The van der Waals surface area contributed by atoms with Crippen LogP contribution in [0.25, 0.3) is 0 Å². The van der Waals surface area contributed by atoms with Crippen molar-refractivity contribution in [2.24, 2.45) is 14.1 Å². The Labute approximate surface area is 169 Å². The normalized spacial score (nSPS) is 16.5. The molecule has 0 unspecified atom stereocenters. The van der Waals surface area contributed by atoms with Crippen LogP contribution in [0.1, 0.15) is 30.9 Å². The molecule has 0 amide bonds. The minimum Gasteiger partial charge on any atom is -0.387 e. The summed E-state index contributed by atoms with van der Waals surface area (Å²) < 4.78 is 29.4. The number of piperidine rings is 1. The highest BCUT2D eigenvalue weighted by Crippen LogP contribution is 2.20. The fourth-order valence-corrected chi connectivity index (χ4v) is 4.65. The van der Waals surface area contributed by atoms with Crippen LogP contribution in [0.2, 0.25) is 0 Å². The van der Waals surface area contributed by atoms with Gasteiger partial charge >= 0.3 is 5.69 Å². The van der Waals surface area contributed by atoms with Crippen molar-refractivity contribution in [2.75, 3.05) is 24.4 Å². The molecule has 1 aliphatic rings. The molecule has 2 aromatic rings. The maximum absolute atomic E-state index is 12.6. The van der Waals surface area contributed by atoms with Gasteiger partial charge in [0.2, 0.25) is 0 Å². The fourth-order valence-electron chi connectivity index (χ4n) is 3.43. The van der Waals surface area contributed by atoms with Crippen molar-refractivity contribution >= 4 is 15.7 Å². The number of nitrogens with one attached hydrogen (secondary N) is 1. The Balaban J connectivity index is 1.75. The highest BCUT2D eigenvalue weighted by Gasteiger charge is 2.22. The van der Waals surface area contributed by atoms with Crippen LogP contribution in [-0.2, 0) is 24.1 Å². The second-order valence-electron chi connectivity index (χ2n) is 7.36. The molecule has 0 spiro atoms. The largest absolute Gasteiger partial charge is 0.387 e. The lowest BCUT2D eigenvalue weighted by atomic mass is 10.1. The molecular weight excluding hydrogens is 396 g/mol. The minimum absolute atomic E-state index is 0.259. The van der Waals surface area contributed by atoms with Gasteiger partial charge in [-0.2, -0.15) is 0 Å². The predicted octanol–water partition coefficient (Wildman–Crippen LogP) is 0.404. The van der Waals surface area contributed by atoms with E-state index in [9.17, 15) is 23.1 Å². The number of aromatic nitrogens is 2. The van der Waals surface area contributed by atoms with Gasteiger partial charge < -0.3 is 14.6 Å². The molecule has 0 radical (unpaired) electrons. The van der Waals surface area contributed by atoms with E-state index in [1.165, 1.54) is 20.5 Å². The smallest absolute Gasteiger partial charge is 0.330 e. The molecule has 158 valence electrons. The highest BCUT2D eigenvalue weighted by molar-refractivity contribution is 7.92. The average Bonchev–Trinajstić information content (AvgIpc) is 2.70. The summed E-state index contributed by atoms with van der Waals surface area (Å²) in [6, 6.07) is 6.40. The van der Waals surface area contributed by atoms with E-state index in [0.29, 0.717) is 12.1 Å². The van der Waals surface area contributed by atoms with Gasteiger partial charge in [-0.05, 0) is 43.6 Å². The zero-order valence-corrected chi connectivity index (χ0v) is 17.4. The molecule has 2 N–H and O–H groups in total. The number of nitrogens with zero attached hydrogens (tertiary/aromatic N) is 3. The molecule has 9 nitrogen and oxygen atoms in total. The summed E-state index contributed by atoms with van der Waals surface area (Å²) in [6.45, 7) is 2.49. The van der Waals surface area contributed by atoms with Crippen LogP contribution in [-0.4, -0.2) is 47.2 Å². The van der Waals surface area contributed by atoms with Crippen molar-refractivity contribution in [3.8, 4) is 0 Å². The number of rotatable bonds is 6. The summed E-state index contributed by atoms with van der Waals surface area (Å²) >= 11 is 0. The first kappa shape index (κ1) is 21.3. The predicted molar refractivity (Wildman–Crippen MR) is 109 cm³/mol. The number of benzene rings is 1.